The Morgan fingerprint density at radius 2 is 2.21 bits per heavy atom. The summed E-state index contributed by atoms with van der Waals surface area (Å²) in [7, 11) is 1.35. The van der Waals surface area contributed by atoms with Gasteiger partial charge in [-0.25, -0.2) is 4.39 Å². The van der Waals surface area contributed by atoms with Crippen molar-refractivity contribution >= 4 is 17.4 Å². The number of hydrogen-bond donors (Lipinski definition) is 0. The van der Waals surface area contributed by atoms with Gasteiger partial charge in [-0.2, -0.15) is 0 Å². The summed E-state index contributed by atoms with van der Waals surface area (Å²) in [6, 6.07) is 2.54. The fourth-order valence-electron chi connectivity index (χ4n) is 1.14. The summed E-state index contributed by atoms with van der Waals surface area (Å²) >= 11 is 5.65. The first kappa shape index (κ1) is 11.0. The molecule has 0 saturated carbocycles. The molecule has 0 fully saturated rings. The minimum atomic E-state index is -0.587. The molecule has 2 nitrogen and oxygen atoms in total. The summed E-state index contributed by atoms with van der Waals surface area (Å²) in [5, 5.41) is -0.146. The molecule has 0 bridgehead atoms. The molecular weight excluding hydrogens is 207 g/mol. The topological polar surface area (TPSA) is 26.3 Å². The number of rotatable bonds is 3. The minimum absolute atomic E-state index is 0.110. The third-order valence-corrected chi connectivity index (χ3v) is 2.23. The Morgan fingerprint density at radius 1 is 1.57 bits per heavy atom. The molecule has 1 rings (SSSR count). The molecule has 4 heteroatoms. The van der Waals surface area contributed by atoms with Crippen molar-refractivity contribution in [2.45, 2.75) is 13.3 Å². The van der Waals surface area contributed by atoms with E-state index in [1.165, 1.54) is 13.2 Å². The van der Waals surface area contributed by atoms with Crippen LogP contribution in [0.3, 0.4) is 0 Å². The van der Waals surface area contributed by atoms with Crippen molar-refractivity contribution in [3.63, 3.8) is 0 Å². The van der Waals surface area contributed by atoms with Crippen LogP contribution in [0.5, 0.6) is 5.75 Å². The maximum absolute atomic E-state index is 13.0. The summed E-state index contributed by atoms with van der Waals surface area (Å²) in [6.07, 6.45) is 0.332. The fraction of sp³-hybridized carbons (Fsp3) is 0.300. The van der Waals surface area contributed by atoms with Crippen molar-refractivity contribution in [2.24, 2.45) is 0 Å². The minimum Gasteiger partial charge on any atom is -0.494 e. The number of ketones is 1. The number of hydrogen-bond acceptors (Lipinski definition) is 2. The third-order valence-electron chi connectivity index (χ3n) is 1.88. The van der Waals surface area contributed by atoms with Crippen molar-refractivity contribution in [1.29, 1.82) is 0 Å². The first-order chi connectivity index (χ1) is 6.61. The molecule has 1 aromatic carbocycles. The van der Waals surface area contributed by atoms with Crippen molar-refractivity contribution in [3.8, 4) is 5.75 Å². The highest BCUT2D eigenvalue weighted by molar-refractivity contribution is 6.32. The van der Waals surface area contributed by atoms with Crippen LogP contribution in [0.1, 0.15) is 23.7 Å². The van der Waals surface area contributed by atoms with Crippen LogP contribution in [-0.4, -0.2) is 12.9 Å². The predicted molar refractivity (Wildman–Crippen MR) is 52.6 cm³/mol. The maximum Gasteiger partial charge on any atom is 0.166 e. The van der Waals surface area contributed by atoms with E-state index in [9.17, 15) is 9.18 Å². The molecule has 0 heterocycles. The molecule has 0 aliphatic rings. The lowest BCUT2D eigenvalue weighted by molar-refractivity contribution is 0.0985. The molecule has 0 amide bonds. The van der Waals surface area contributed by atoms with Gasteiger partial charge in [-0.05, 0) is 12.1 Å². The zero-order valence-electron chi connectivity index (χ0n) is 7.93. The number of carbonyl (C=O) groups excluding carboxylic acids is 1. The van der Waals surface area contributed by atoms with E-state index in [1.807, 2.05) is 0 Å². The maximum atomic E-state index is 13.0. The lowest BCUT2D eigenvalue weighted by Crippen LogP contribution is -2.01. The van der Waals surface area contributed by atoms with Gasteiger partial charge in [0.2, 0.25) is 0 Å². The van der Waals surface area contributed by atoms with Crippen LogP contribution in [-0.2, 0) is 0 Å². The number of Topliss-reactive ketones (excluding diaryl/α,β-unsaturated/α-hetero) is 1. The molecule has 0 atom stereocenters. The molecule has 0 saturated heterocycles. The van der Waals surface area contributed by atoms with Crippen molar-refractivity contribution in [3.05, 3.63) is 28.5 Å². The average molecular weight is 217 g/mol. The van der Waals surface area contributed by atoms with Gasteiger partial charge in [0, 0.05) is 6.42 Å². The number of ether oxygens (including phenoxy) is 1. The van der Waals surface area contributed by atoms with Gasteiger partial charge in [0.1, 0.15) is 10.8 Å². The van der Waals surface area contributed by atoms with E-state index in [0.29, 0.717) is 12.0 Å². The van der Waals surface area contributed by atoms with E-state index >= 15 is 0 Å². The van der Waals surface area contributed by atoms with E-state index in [4.69, 9.17) is 16.3 Å². The summed E-state index contributed by atoms with van der Waals surface area (Å²) in [5.74, 6) is -0.599. The number of methoxy groups -OCH3 is 1. The van der Waals surface area contributed by atoms with Gasteiger partial charge in [-0.1, -0.05) is 18.5 Å². The van der Waals surface area contributed by atoms with Gasteiger partial charge in [0.25, 0.3) is 0 Å². The molecule has 1 aromatic rings. The third kappa shape index (κ3) is 1.87. The fourth-order valence-corrected chi connectivity index (χ4v) is 1.38. The van der Waals surface area contributed by atoms with Crippen LogP contribution < -0.4 is 4.74 Å². The smallest absolute Gasteiger partial charge is 0.166 e. The summed E-state index contributed by atoms with van der Waals surface area (Å²) in [5.41, 5.74) is 0.321. The van der Waals surface area contributed by atoms with Crippen molar-refractivity contribution < 1.29 is 13.9 Å². The molecule has 0 aliphatic heterocycles. The van der Waals surface area contributed by atoms with Crippen LogP contribution in [0.4, 0.5) is 4.39 Å². The zero-order chi connectivity index (χ0) is 10.7. The lowest BCUT2D eigenvalue weighted by Gasteiger charge is -2.08. The Hall–Kier alpha value is -1.09. The van der Waals surface area contributed by atoms with Gasteiger partial charge in [0.15, 0.2) is 11.5 Å². The van der Waals surface area contributed by atoms with E-state index in [0.717, 1.165) is 6.07 Å². The van der Waals surface area contributed by atoms with E-state index < -0.39 is 5.82 Å². The van der Waals surface area contributed by atoms with E-state index in [-0.39, 0.29) is 16.6 Å². The van der Waals surface area contributed by atoms with Gasteiger partial charge >= 0.3 is 0 Å². The highest BCUT2D eigenvalue weighted by atomic mass is 35.5. The normalized spacial score (nSPS) is 10.0. The highest BCUT2D eigenvalue weighted by Gasteiger charge is 2.16. The Labute approximate surface area is 86.6 Å². The van der Waals surface area contributed by atoms with Crippen LogP contribution in [0.2, 0.25) is 5.02 Å². The molecular formula is C10H10ClFO2. The second kappa shape index (κ2) is 4.42. The van der Waals surface area contributed by atoms with Gasteiger partial charge in [-0.3, -0.25) is 4.79 Å². The SMILES string of the molecule is CCC(=O)c1ccc(F)c(Cl)c1OC. The van der Waals surface area contributed by atoms with Crippen molar-refractivity contribution in [1.82, 2.24) is 0 Å². The first-order valence-corrected chi connectivity index (χ1v) is 4.54. The van der Waals surface area contributed by atoms with Gasteiger partial charge in [0.05, 0.1) is 12.7 Å². The Bertz CT molecular complexity index is 363. The molecule has 14 heavy (non-hydrogen) atoms. The number of halogens is 2. The summed E-state index contributed by atoms with van der Waals surface area (Å²) in [6.45, 7) is 1.72. The Morgan fingerprint density at radius 3 is 2.71 bits per heavy atom. The van der Waals surface area contributed by atoms with Gasteiger partial charge in [-0.15, -0.1) is 0 Å². The standard InChI is InChI=1S/C10H10ClFO2/c1-3-8(13)6-4-5-7(12)9(11)10(6)14-2/h4-5H,3H2,1-2H3. The number of carbonyl (C=O) groups is 1. The molecule has 0 spiro atoms. The van der Waals surface area contributed by atoms with E-state index in [2.05, 4.69) is 0 Å². The quantitative estimate of drug-likeness (QED) is 0.726. The molecule has 0 N–H and O–H groups in total. The second-order valence-corrected chi connectivity index (χ2v) is 3.10. The molecule has 0 aliphatic carbocycles. The molecule has 76 valence electrons. The van der Waals surface area contributed by atoms with Crippen LogP contribution in [0, 0.1) is 5.82 Å². The predicted octanol–water partition coefficient (Wildman–Crippen LogP) is 3.08. The van der Waals surface area contributed by atoms with Gasteiger partial charge < -0.3 is 4.74 Å². The lowest BCUT2D eigenvalue weighted by atomic mass is 10.1. The summed E-state index contributed by atoms with van der Waals surface area (Å²) < 4.78 is 17.9. The second-order valence-electron chi connectivity index (χ2n) is 2.72. The largest absolute Gasteiger partial charge is 0.494 e. The summed E-state index contributed by atoms with van der Waals surface area (Å²) in [4.78, 5) is 11.4. The van der Waals surface area contributed by atoms with Crippen LogP contribution in [0.25, 0.3) is 0 Å². The monoisotopic (exact) mass is 216 g/mol. The number of benzene rings is 1. The molecule has 0 unspecified atom stereocenters. The zero-order valence-corrected chi connectivity index (χ0v) is 8.69. The Balaban J connectivity index is 3.31. The van der Waals surface area contributed by atoms with Crippen molar-refractivity contribution in [2.75, 3.05) is 7.11 Å². The van der Waals surface area contributed by atoms with E-state index in [1.54, 1.807) is 6.92 Å². The van der Waals surface area contributed by atoms with Crippen LogP contribution in [0.15, 0.2) is 12.1 Å². The highest BCUT2D eigenvalue weighted by Crippen LogP contribution is 2.31. The van der Waals surface area contributed by atoms with Crippen LogP contribution >= 0.6 is 11.6 Å². The first-order valence-electron chi connectivity index (χ1n) is 4.17. The average Bonchev–Trinajstić information content (AvgIpc) is 2.20. The Kier molecular flexibility index (Phi) is 3.47. The molecule has 0 aromatic heterocycles. The molecule has 0 radical (unpaired) electrons.